The first-order chi connectivity index (χ1) is 9.24. The summed E-state index contributed by atoms with van der Waals surface area (Å²) in [5.74, 6) is 0. The summed E-state index contributed by atoms with van der Waals surface area (Å²) in [5, 5.41) is 0. The lowest BCUT2D eigenvalue weighted by atomic mass is 10.00. The second kappa shape index (κ2) is 6.46. The first-order valence-electron chi connectivity index (χ1n) is 6.47. The Hall–Kier alpha value is -1.26. The molecule has 0 atom stereocenters. The Morgan fingerprint density at radius 1 is 1.25 bits per heavy atom. The molecule has 1 aromatic heterocycles. The van der Waals surface area contributed by atoms with Crippen LogP contribution in [0.4, 0.5) is 11.4 Å². The molecule has 1 aliphatic heterocycles. The number of rotatable bonds is 2. The fraction of sp³-hybridized carbons (Fsp3) is 0.267. The molecule has 0 spiro atoms. The lowest BCUT2D eigenvalue weighted by molar-refractivity contribution is 0.685. The maximum absolute atomic E-state index is 6.07. The van der Waals surface area contributed by atoms with Crippen LogP contribution in [0.5, 0.6) is 0 Å². The molecule has 2 N–H and O–H groups in total. The number of anilines is 2. The summed E-state index contributed by atoms with van der Waals surface area (Å²) in [6, 6.07) is 10.3. The molecule has 0 unspecified atom stereocenters. The van der Waals surface area contributed by atoms with Crippen LogP contribution in [0.15, 0.2) is 41.0 Å². The van der Waals surface area contributed by atoms with Gasteiger partial charge in [-0.15, -0.1) is 12.4 Å². The molecule has 5 heteroatoms. The number of fused-ring (bicyclic) bond motifs is 1. The third-order valence-electron chi connectivity index (χ3n) is 3.52. The molecule has 0 fully saturated rings. The van der Waals surface area contributed by atoms with Crippen molar-refractivity contribution in [1.82, 2.24) is 4.98 Å². The number of benzene rings is 1. The molecule has 1 aliphatic rings. The van der Waals surface area contributed by atoms with Gasteiger partial charge >= 0.3 is 0 Å². The first-order valence-corrected chi connectivity index (χ1v) is 7.26. The number of nitrogens with zero attached hydrogens (tertiary/aromatic N) is 2. The van der Waals surface area contributed by atoms with Crippen LogP contribution in [-0.4, -0.2) is 11.5 Å². The van der Waals surface area contributed by atoms with Gasteiger partial charge in [-0.05, 0) is 58.6 Å². The molecular formula is C15H17BrClN3. The molecule has 2 aromatic rings. The summed E-state index contributed by atoms with van der Waals surface area (Å²) in [6.07, 6.45) is 4.07. The van der Waals surface area contributed by atoms with Crippen LogP contribution in [0.25, 0.3) is 0 Å². The van der Waals surface area contributed by atoms with E-state index < -0.39 is 0 Å². The van der Waals surface area contributed by atoms with Gasteiger partial charge in [0.05, 0.1) is 12.2 Å². The molecular weight excluding hydrogens is 338 g/mol. The topological polar surface area (TPSA) is 42.1 Å². The van der Waals surface area contributed by atoms with E-state index in [-0.39, 0.29) is 12.4 Å². The second-order valence-electron chi connectivity index (χ2n) is 4.84. The molecule has 106 valence electrons. The second-order valence-corrected chi connectivity index (χ2v) is 5.75. The lowest BCUT2D eigenvalue weighted by Crippen LogP contribution is -2.29. The average molecular weight is 355 g/mol. The van der Waals surface area contributed by atoms with E-state index in [1.165, 1.54) is 11.3 Å². The van der Waals surface area contributed by atoms with Gasteiger partial charge in [0.2, 0.25) is 0 Å². The van der Waals surface area contributed by atoms with Crippen molar-refractivity contribution in [2.75, 3.05) is 17.2 Å². The van der Waals surface area contributed by atoms with Gasteiger partial charge in [0, 0.05) is 28.6 Å². The summed E-state index contributed by atoms with van der Waals surface area (Å²) in [5.41, 5.74) is 10.6. The predicted octanol–water partition coefficient (Wildman–Crippen LogP) is 3.80. The largest absolute Gasteiger partial charge is 0.398 e. The van der Waals surface area contributed by atoms with Crippen molar-refractivity contribution in [3.63, 3.8) is 0 Å². The lowest BCUT2D eigenvalue weighted by Gasteiger charge is -2.31. The van der Waals surface area contributed by atoms with E-state index in [0.717, 1.165) is 41.8 Å². The minimum absolute atomic E-state index is 0. The van der Waals surface area contributed by atoms with Gasteiger partial charge in [0.15, 0.2) is 0 Å². The zero-order valence-electron chi connectivity index (χ0n) is 11.1. The average Bonchev–Trinajstić information content (AvgIpc) is 2.43. The molecule has 0 aliphatic carbocycles. The summed E-state index contributed by atoms with van der Waals surface area (Å²) in [7, 11) is 0. The molecule has 1 aromatic carbocycles. The Morgan fingerprint density at radius 2 is 2.10 bits per heavy atom. The number of hydrogen-bond donors (Lipinski definition) is 1. The van der Waals surface area contributed by atoms with E-state index in [0.29, 0.717) is 0 Å². The van der Waals surface area contributed by atoms with Crippen molar-refractivity contribution in [1.29, 1.82) is 0 Å². The maximum Gasteiger partial charge on any atom is 0.0602 e. The molecule has 0 saturated heterocycles. The Bertz CT molecular complexity index is 586. The summed E-state index contributed by atoms with van der Waals surface area (Å²) < 4.78 is 1.01. The zero-order valence-corrected chi connectivity index (χ0v) is 13.5. The van der Waals surface area contributed by atoms with Crippen LogP contribution >= 0.6 is 28.3 Å². The van der Waals surface area contributed by atoms with E-state index in [1.54, 1.807) is 0 Å². The quantitative estimate of drug-likeness (QED) is 0.834. The predicted molar refractivity (Wildman–Crippen MR) is 89.4 cm³/mol. The monoisotopic (exact) mass is 353 g/mol. The van der Waals surface area contributed by atoms with Crippen molar-refractivity contribution >= 4 is 39.7 Å². The van der Waals surface area contributed by atoms with Crippen molar-refractivity contribution in [3.8, 4) is 0 Å². The van der Waals surface area contributed by atoms with Gasteiger partial charge < -0.3 is 10.6 Å². The number of aromatic nitrogens is 1. The van der Waals surface area contributed by atoms with Crippen molar-refractivity contribution in [3.05, 3.63) is 52.3 Å². The number of halogens is 2. The van der Waals surface area contributed by atoms with Gasteiger partial charge in [0.25, 0.3) is 0 Å². The Kier molecular flexibility index (Phi) is 4.89. The van der Waals surface area contributed by atoms with Crippen LogP contribution in [0.1, 0.15) is 17.7 Å². The van der Waals surface area contributed by atoms with Crippen molar-refractivity contribution in [2.24, 2.45) is 0 Å². The van der Waals surface area contributed by atoms with E-state index in [9.17, 15) is 0 Å². The highest BCUT2D eigenvalue weighted by molar-refractivity contribution is 9.10. The third-order valence-corrected chi connectivity index (χ3v) is 3.99. The zero-order chi connectivity index (χ0) is 13.2. The minimum Gasteiger partial charge on any atom is -0.398 e. The van der Waals surface area contributed by atoms with Crippen LogP contribution < -0.4 is 10.6 Å². The third kappa shape index (κ3) is 3.07. The molecule has 3 nitrogen and oxygen atoms in total. The normalized spacial score (nSPS) is 13.6. The number of nitrogens with two attached hydrogens (primary N) is 1. The van der Waals surface area contributed by atoms with Gasteiger partial charge in [0.1, 0.15) is 0 Å². The summed E-state index contributed by atoms with van der Waals surface area (Å²) in [4.78, 5) is 6.81. The summed E-state index contributed by atoms with van der Waals surface area (Å²) in [6.45, 7) is 1.90. The number of hydrogen-bond acceptors (Lipinski definition) is 3. The van der Waals surface area contributed by atoms with Crippen LogP contribution in [0.3, 0.4) is 0 Å². The highest BCUT2D eigenvalue weighted by Gasteiger charge is 2.18. The highest BCUT2D eigenvalue weighted by atomic mass is 79.9. The van der Waals surface area contributed by atoms with E-state index in [4.69, 9.17) is 5.73 Å². The van der Waals surface area contributed by atoms with Gasteiger partial charge in [-0.3, -0.25) is 4.98 Å². The highest BCUT2D eigenvalue weighted by Crippen LogP contribution is 2.32. The van der Waals surface area contributed by atoms with Crippen LogP contribution in [-0.2, 0) is 13.0 Å². The maximum atomic E-state index is 6.07. The Balaban J connectivity index is 0.00000147. The SMILES string of the molecule is Cl.Nc1cccc2c1CCCN2Cc1ccc(Br)cn1. The molecule has 0 radical (unpaired) electrons. The molecule has 0 bridgehead atoms. The van der Waals surface area contributed by atoms with Crippen molar-refractivity contribution < 1.29 is 0 Å². The van der Waals surface area contributed by atoms with Gasteiger partial charge in [-0.25, -0.2) is 0 Å². The standard InChI is InChI=1S/C15H16BrN3.ClH/c16-11-6-7-12(18-9-11)10-19-8-2-3-13-14(17)4-1-5-15(13)19;/h1,4-7,9H,2-3,8,10,17H2;1H. The summed E-state index contributed by atoms with van der Waals surface area (Å²) >= 11 is 3.41. The molecule has 20 heavy (non-hydrogen) atoms. The Morgan fingerprint density at radius 3 is 2.85 bits per heavy atom. The van der Waals surface area contributed by atoms with E-state index in [1.807, 2.05) is 24.4 Å². The minimum atomic E-state index is 0. The van der Waals surface area contributed by atoms with Crippen LogP contribution in [0.2, 0.25) is 0 Å². The first kappa shape index (κ1) is 15.1. The van der Waals surface area contributed by atoms with Crippen molar-refractivity contribution in [2.45, 2.75) is 19.4 Å². The molecule has 0 saturated carbocycles. The molecule has 3 rings (SSSR count). The molecule has 0 amide bonds. The Labute approximate surface area is 133 Å². The fourth-order valence-corrected chi connectivity index (χ4v) is 2.82. The number of pyridine rings is 1. The molecule has 2 heterocycles. The van der Waals surface area contributed by atoms with Crippen LogP contribution in [0, 0.1) is 0 Å². The number of nitrogen functional groups attached to an aromatic ring is 1. The van der Waals surface area contributed by atoms with Gasteiger partial charge in [-0.2, -0.15) is 0 Å². The van der Waals surface area contributed by atoms with E-state index >= 15 is 0 Å². The van der Waals surface area contributed by atoms with Gasteiger partial charge in [-0.1, -0.05) is 6.07 Å². The fourth-order valence-electron chi connectivity index (χ4n) is 2.59. The van der Waals surface area contributed by atoms with E-state index in [2.05, 4.69) is 37.9 Å². The smallest absolute Gasteiger partial charge is 0.0602 e.